The predicted octanol–water partition coefficient (Wildman–Crippen LogP) is 0.193. The van der Waals surface area contributed by atoms with Gasteiger partial charge in [-0.25, -0.2) is 9.98 Å². The lowest BCUT2D eigenvalue weighted by Gasteiger charge is -2.24. The molecule has 0 bridgehead atoms. The van der Waals surface area contributed by atoms with Crippen LogP contribution in [0.2, 0.25) is 0 Å². The lowest BCUT2D eigenvalue weighted by molar-refractivity contribution is 0.515. The predicted molar refractivity (Wildman–Crippen MR) is 49.3 cm³/mol. The third-order valence-corrected chi connectivity index (χ3v) is 1.99. The van der Waals surface area contributed by atoms with E-state index in [1.165, 1.54) is 0 Å². The van der Waals surface area contributed by atoms with Crippen molar-refractivity contribution in [3.63, 3.8) is 0 Å². The van der Waals surface area contributed by atoms with Gasteiger partial charge in [0.2, 0.25) is 5.96 Å². The molecule has 0 fully saturated rings. The van der Waals surface area contributed by atoms with Gasteiger partial charge in [-0.1, -0.05) is 0 Å². The largest absolute Gasteiger partial charge is 0.374 e. The zero-order valence-electron chi connectivity index (χ0n) is 7.33. The molecule has 0 saturated heterocycles. The van der Waals surface area contributed by atoms with Crippen molar-refractivity contribution in [3.05, 3.63) is 11.9 Å². The molecule has 64 valence electrons. The number of hydrogen-bond acceptors (Lipinski definition) is 4. The molecule has 0 aromatic carbocycles. The van der Waals surface area contributed by atoms with E-state index >= 15 is 0 Å². The Kier molecular flexibility index (Phi) is 1.60. The fourth-order valence-corrected chi connectivity index (χ4v) is 1.43. The highest BCUT2D eigenvalue weighted by atomic mass is 15.4. The Balaban J connectivity index is 2.35. The van der Waals surface area contributed by atoms with Crippen LogP contribution in [0.5, 0.6) is 0 Å². The normalized spacial score (nSPS) is 21.2. The Morgan fingerprint density at radius 2 is 2.42 bits per heavy atom. The van der Waals surface area contributed by atoms with Crippen LogP contribution >= 0.6 is 0 Å². The standard InChI is InChI=1S/C8H12N4/c1-6-5-7(9-2)12-4-3-10-8(12)11-6/h5,9H,3-4H2,1-2H3. The molecule has 0 radical (unpaired) electrons. The molecule has 0 atom stereocenters. The average Bonchev–Trinajstić information content (AvgIpc) is 2.50. The van der Waals surface area contributed by atoms with Crippen molar-refractivity contribution < 1.29 is 0 Å². The van der Waals surface area contributed by atoms with Crippen LogP contribution in [0, 0.1) is 0 Å². The fourth-order valence-electron chi connectivity index (χ4n) is 1.43. The zero-order valence-corrected chi connectivity index (χ0v) is 7.33. The number of guanidine groups is 1. The fraction of sp³-hybridized carbons (Fsp3) is 0.500. The second-order valence-electron chi connectivity index (χ2n) is 2.87. The van der Waals surface area contributed by atoms with Crippen LogP contribution in [0.25, 0.3) is 0 Å². The summed E-state index contributed by atoms with van der Waals surface area (Å²) in [6, 6.07) is 0. The summed E-state index contributed by atoms with van der Waals surface area (Å²) in [5.74, 6) is 1.94. The van der Waals surface area contributed by atoms with Gasteiger partial charge in [-0.15, -0.1) is 0 Å². The monoisotopic (exact) mass is 164 g/mol. The first kappa shape index (κ1) is 7.34. The summed E-state index contributed by atoms with van der Waals surface area (Å²) in [4.78, 5) is 10.7. The lowest BCUT2D eigenvalue weighted by atomic mass is 10.3. The topological polar surface area (TPSA) is 40.0 Å². The summed E-state index contributed by atoms with van der Waals surface area (Å²) >= 11 is 0. The van der Waals surface area contributed by atoms with E-state index in [0.29, 0.717) is 0 Å². The second-order valence-corrected chi connectivity index (χ2v) is 2.87. The molecule has 4 nitrogen and oxygen atoms in total. The highest BCUT2D eigenvalue weighted by Gasteiger charge is 2.22. The highest BCUT2D eigenvalue weighted by molar-refractivity contribution is 6.05. The van der Waals surface area contributed by atoms with E-state index in [9.17, 15) is 0 Å². The molecule has 2 aliphatic heterocycles. The van der Waals surface area contributed by atoms with Crippen LogP contribution in [0.1, 0.15) is 6.92 Å². The minimum absolute atomic E-state index is 0.847. The number of allylic oxidation sites excluding steroid dienone is 1. The summed E-state index contributed by atoms with van der Waals surface area (Å²) in [5, 5.41) is 3.13. The molecule has 0 amide bonds. The molecule has 0 unspecified atom stereocenters. The Labute approximate surface area is 71.7 Å². The van der Waals surface area contributed by atoms with Crippen LogP contribution in [0.3, 0.4) is 0 Å². The van der Waals surface area contributed by atoms with Gasteiger partial charge in [-0.2, -0.15) is 0 Å². The van der Waals surface area contributed by atoms with E-state index in [2.05, 4.69) is 20.2 Å². The molecule has 4 heteroatoms. The SMILES string of the molecule is CNC1=CC(C)=NC2=NCCN12. The van der Waals surface area contributed by atoms with Gasteiger partial charge in [-0.05, 0) is 6.92 Å². The van der Waals surface area contributed by atoms with Crippen molar-refractivity contribution in [1.82, 2.24) is 10.2 Å². The minimum Gasteiger partial charge on any atom is -0.374 e. The summed E-state index contributed by atoms with van der Waals surface area (Å²) in [7, 11) is 1.92. The van der Waals surface area contributed by atoms with E-state index < -0.39 is 0 Å². The van der Waals surface area contributed by atoms with Gasteiger partial charge in [-0.3, -0.25) is 4.90 Å². The Bertz CT molecular complexity index is 287. The third-order valence-electron chi connectivity index (χ3n) is 1.99. The highest BCUT2D eigenvalue weighted by Crippen LogP contribution is 2.13. The van der Waals surface area contributed by atoms with Gasteiger partial charge >= 0.3 is 0 Å². The molecule has 12 heavy (non-hydrogen) atoms. The van der Waals surface area contributed by atoms with E-state index in [-0.39, 0.29) is 0 Å². The van der Waals surface area contributed by atoms with Crippen molar-refractivity contribution in [2.75, 3.05) is 20.1 Å². The quantitative estimate of drug-likeness (QED) is 0.601. The number of aliphatic imine (C=N–C) groups is 2. The van der Waals surface area contributed by atoms with Gasteiger partial charge < -0.3 is 5.32 Å². The number of rotatable bonds is 1. The van der Waals surface area contributed by atoms with Gasteiger partial charge in [0.1, 0.15) is 5.82 Å². The van der Waals surface area contributed by atoms with Crippen molar-refractivity contribution in [1.29, 1.82) is 0 Å². The molecule has 0 aliphatic carbocycles. The van der Waals surface area contributed by atoms with Crippen LogP contribution in [0.15, 0.2) is 21.9 Å². The number of nitrogens with zero attached hydrogens (tertiary/aromatic N) is 3. The number of fused-ring (bicyclic) bond motifs is 1. The molecule has 0 aromatic heterocycles. The van der Waals surface area contributed by atoms with Crippen LogP contribution in [-0.2, 0) is 0 Å². The maximum Gasteiger partial charge on any atom is 0.226 e. The molecule has 0 aromatic rings. The van der Waals surface area contributed by atoms with Crippen molar-refractivity contribution in [3.8, 4) is 0 Å². The molecule has 0 saturated carbocycles. The maximum atomic E-state index is 4.32. The van der Waals surface area contributed by atoms with Gasteiger partial charge in [0, 0.05) is 25.4 Å². The van der Waals surface area contributed by atoms with Gasteiger partial charge in [0.25, 0.3) is 0 Å². The summed E-state index contributed by atoms with van der Waals surface area (Å²) in [6.45, 7) is 3.78. The molecule has 0 spiro atoms. The zero-order chi connectivity index (χ0) is 8.55. The molecule has 2 rings (SSSR count). The van der Waals surface area contributed by atoms with E-state index in [4.69, 9.17) is 0 Å². The first-order valence-electron chi connectivity index (χ1n) is 4.08. The smallest absolute Gasteiger partial charge is 0.226 e. The molecule has 2 heterocycles. The Morgan fingerprint density at radius 3 is 3.17 bits per heavy atom. The maximum absolute atomic E-state index is 4.32. The first-order chi connectivity index (χ1) is 5.81. The van der Waals surface area contributed by atoms with Crippen molar-refractivity contribution >= 4 is 11.7 Å². The summed E-state index contributed by atoms with van der Waals surface area (Å²) in [5.41, 5.74) is 1.01. The summed E-state index contributed by atoms with van der Waals surface area (Å²) in [6.07, 6.45) is 2.03. The molecule has 1 N–H and O–H groups in total. The van der Waals surface area contributed by atoms with Gasteiger partial charge in [0.15, 0.2) is 0 Å². The average molecular weight is 164 g/mol. The summed E-state index contributed by atoms with van der Waals surface area (Å²) < 4.78 is 0. The Hall–Kier alpha value is -1.32. The van der Waals surface area contributed by atoms with E-state index in [1.807, 2.05) is 20.0 Å². The minimum atomic E-state index is 0.847. The number of nitrogens with one attached hydrogen (secondary N) is 1. The molecular weight excluding hydrogens is 152 g/mol. The number of hydrogen-bond donors (Lipinski definition) is 1. The second kappa shape index (κ2) is 2.62. The van der Waals surface area contributed by atoms with Crippen molar-refractivity contribution in [2.45, 2.75) is 6.92 Å². The molecular formula is C8H12N4. The first-order valence-corrected chi connectivity index (χ1v) is 4.08. The van der Waals surface area contributed by atoms with Gasteiger partial charge in [0.05, 0.1) is 6.54 Å². The van der Waals surface area contributed by atoms with E-state index in [1.54, 1.807) is 0 Å². The molecule has 2 aliphatic rings. The van der Waals surface area contributed by atoms with E-state index in [0.717, 1.165) is 30.6 Å². The van der Waals surface area contributed by atoms with Crippen LogP contribution in [0.4, 0.5) is 0 Å². The third kappa shape index (κ3) is 0.995. The lowest BCUT2D eigenvalue weighted by Crippen LogP contribution is -2.35. The van der Waals surface area contributed by atoms with Crippen LogP contribution in [-0.4, -0.2) is 36.7 Å². The van der Waals surface area contributed by atoms with Crippen molar-refractivity contribution in [2.24, 2.45) is 9.98 Å². The van der Waals surface area contributed by atoms with Crippen LogP contribution < -0.4 is 5.32 Å². The Morgan fingerprint density at radius 1 is 1.58 bits per heavy atom.